The van der Waals surface area contributed by atoms with E-state index in [2.05, 4.69) is 34.9 Å². The molecule has 1 fully saturated rings. The Hall–Kier alpha value is -4.20. The molecule has 7 rings (SSSR count). The largest absolute Gasteiger partial charge is 0.485 e. The molecule has 2 aliphatic heterocycles. The van der Waals surface area contributed by atoms with Crippen molar-refractivity contribution < 1.29 is 23.8 Å². The number of hydrogen-bond donors (Lipinski definition) is 1. The summed E-state index contributed by atoms with van der Waals surface area (Å²) in [7, 11) is 0. The van der Waals surface area contributed by atoms with Gasteiger partial charge in [0.1, 0.15) is 23.5 Å². The number of aromatic nitrogens is 2. The summed E-state index contributed by atoms with van der Waals surface area (Å²) in [6.45, 7) is 1.39. The van der Waals surface area contributed by atoms with Crippen molar-refractivity contribution >= 4 is 28.6 Å². The molecule has 1 N–H and O–H groups in total. The Morgan fingerprint density at radius 3 is 2.63 bits per heavy atom. The molecule has 1 aromatic heterocycles. The molecular formula is C33H26ClFN2O4. The lowest BCUT2D eigenvalue weighted by molar-refractivity contribution is -0.0589. The lowest BCUT2D eigenvalue weighted by Gasteiger charge is -2.27. The molecule has 4 aromatic carbocycles. The van der Waals surface area contributed by atoms with Gasteiger partial charge in [-0.15, -0.1) is 0 Å². The molecule has 0 unspecified atom stereocenters. The minimum atomic E-state index is -0.959. The SMILES string of the molecule is O=C(O)c1ccc2nc(Cc3ccc(-c4cccc5c4C[C@H](c4ccc(Cl)cc4F)O5)cc3)n(C[C@@H]3CCO3)c2c1. The summed E-state index contributed by atoms with van der Waals surface area (Å²) in [6, 6.07) is 24.1. The maximum atomic E-state index is 14.6. The van der Waals surface area contributed by atoms with E-state index in [0.717, 1.165) is 57.9 Å². The minimum Gasteiger partial charge on any atom is -0.485 e. The van der Waals surface area contributed by atoms with Crippen molar-refractivity contribution in [3.8, 4) is 16.9 Å². The van der Waals surface area contributed by atoms with Gasteiger partial charge < -0.3 is 19.1 Å². The number of carboxylic acid groups (broad SMARTS) is 1. The Labute approximate surface area is 240 Å². The number of aromatic carboxylic acids is 1. The van der Waals surface area contributed by atoms with Gasteiger partial charge in [-0.05, 0) is 59.5 Å². The Balaban J connectivity index is 1.16. The molecule has 3 heterocycles. The minimum absolute atomic E-state index is 0.106. The fraction of sp³-hybridized carbons (Fsp3) is 0.212. The molecule has 2 atom stereocenters. The second kappa shape index (κ2) is 10.3. The topological polar surface area (TPSA) is 73.6 Å². The van der Waals surface area contributed by atoms with Crippen LogP contribution in [0.2, 0.25) is 5.02 Å². The number of nitrogens with zero attached hydrogens (tertiary/aromatic N) is 2. The van der Waals surface area contributed by atoms with Crippen LogP contribution in [0.4, 0.5) is 4.39 Å². The number of hydrogen-bond acceptors (Lipinski definition) is 4. The first kappa shape index (κ1) is 25.7. The molecule has 206 valence electrons. The number of halogens is 2. The molecule has 0 spiro atoms. The summed E-state index contributed by atoms with van der Waals surface area (Å²) in [5.41, 5.74) is 6.56. The van der Waals surface area contributed by atoms with E-state index in [-0.39, 0.29) is 17.5 Å². The average molecular weight is 569 g/mol. The van der Waals surface area contributed by atoms with Gasteiger partial charge in [-0.2, -0.15) is 0 Å². The highest BCUT2D eigenvalue weighted by atomic mass is 35.5. The maximum absolute atomic E-state index is 14.6. The van der Waals surface area contributed by atoms with Crippen molar-refractivity contribution in [2.45, 2.75) is 38.0 Å². The van der Waals surface area contributed by atoms with E-state index in [4.69, 9.17) is 26.1 Å². The van der Waals surface area contributed by atoms with E-state index in [0.29, 0.717) is 30.0 Å². The quantitative estimate of drug-likeness (QED) is 0.224. The van der Waals surface area contributed by atoms with Gasteiger partial charge in [-0.25, -0.2) is 14.2 Å². The van der Waals surface area contributed by atoms with Gasteiger partial charge in [-0.3, -0.25) is 0 Å². The van der Waals surface area contributed by atoms with Crippen LogP contribution in [0.3, 0.4) is 0 Å². The van der Waals surface area contributed by atoms with E-state index in [1.165, 1.54) is 6.07 Å². The van der Waals surface area contributed by atoms with Crippen LogP contribution < -0.4 is 4.74 Å². The number of imidazole rings is 1. The molecule has 1 saturated heterocycles. The molecule has 0 saturated carbocycles. The lowest BCUT2D eigenvalue weighted by atomic mass is 9.94. The maximum Gasteiger partial charge on any atom is 0.335 e. The Morgan fingerprint density at radius 2 is 1.90 bits per heavy atom. The third-order valence-corrected chi connectivity index (χ3v) is 8.22. The van der Waals surface area contributed by atoms with Crippen LogP contribution in [-0.4, -0.2) is 33.3 Å². The first-order valence-electron chi connectivity index (χ1n) is 13.6. The van der Waals surface area contributed by atoms with E-state index >= 15 is 0 Å². The molecule has 8 heteroatoms. The van der Waals surface area contributed by atoms with Crippen LogP contribution in [0.15, 0.2) is 78.9 Å². The van der Waals surface area contributed by atoms with E-state index in [1.54, 1.807) is 30.3 Å². The second-order valence-electron chi connectivity index (χ2n) is 10.6. The summed E-state index contributed by atoms with van der Waals surface area (Å²) in [4.78, 5) is 16.5. The van der Waals surface area contributed by atoms with Crippen LogP contribution in [0.1, 0.15) is 45.4 Å². The van der Waals surface area contributed by atoms with Gasteiger partial charge in [0.05, 0.1) is 29.2 Å². The Bertz CT molecular complexity index is 1800. The summed E-state index contributed by atoms with van der Waals surface area (Å²) < 4.78 is 28.5. The van der Waals surface area contributed by atoms with Gasteiger partial charge in [0.2, 0.25) is 0 Å². The zero-order chi connectivity index (χ0) is 28.1. The standard InChI is InChI=1S/C33H26ClFN2O4/c34-22-9-10-25(27(35)16-22)31-17-26-24(2-1-3-30(26)41-31)20-6-4-19(5-7-20)14-32-36-28-11-8-21(33(38)39)15-29(28)37(32)18-23-12-13-40-23/h1-11,15-16,23,31H,12-14,17-18H2,(H,38,39)/t23-,31+/m0/s1. The first-order chi connectivity index (χ1) is 19.9. The van der Waals surface area contributed by atoms with Crippen molar-refractivity contribution in [1.82, 2.24) is 9.55 Å². The highest BCUT2D eigenvalue weighted by Crippen LogP contribution is 2.42. The normalized spacial score (nSPS) is 17.7. The van der Waals surface area contributed by atoms with Crippen LogP contribution >= 0.6 is 11.6 Å². The van der Waals surface area contributed by atoms with Crippen molar-refractivity contribution in [2.24, 2.45) is 0 Å². The first-order valence-corrected chi connectivity index (χ1v) is 14.0. The summed E-state index contributed by atoms with van der Waals surface area (Å²) >= 11 is 5.95. The summed E-state index contributed by atoms with van der Waals surface area (Å²) in [6.07, 6.45) is 1.84. The van der Waals surface area contributed by atoms with Gasteiger partial charge >= 0.3 is 5.97 Å². The van der Waals surface area contributed by atoms with Gasteiger partial charge in [0.15, 0.2) is 0 Å². The average Bonchev–Trinajstić information content (AvgIpc) is 3.51. The smallest absolute Gasteiger partial charge is 0.335 e. The number of rotatable bonds is 7. The third kappa shape index (κ3) is 4.85. The molecule has 0 amide bonds. The van der Waals surface area contributed by atoms with E-state index in [1.807, 2.05) is 12.1 Å². The number of carbonyl (C=O) groups is 1. The summed E-state index contributed by atoms with van der Waals surface area (Å²) in [5, 5.41) is 9.87. The van der Waals surface area contributed by atoms with Gasteiger partial charge in [0.25, 0.3) is 0 Å². The fourth-order valence-corrected chi connectivity index (χ4v) is 5.89. The molecule has 0 bridgehead atoms. The number of benzene rings is 4. The van der Waals surface area contributed by atoms with Crippen LogP contribution in [0, 0.1) is 5.82 Å². The van der Waals surface area contributed by atoms with Crippen LogP contribution in [0.25, 0.3) is 22.2 Å². The van der Waals surface area contributed by atoms with Gasteiger partial charge in [-0.1, -0.05) is 54.1 Å². The molecule has 41 heavy (non-hydrogen) atoms. The van der Waals surface area contributed by atoms with Gasteiger partial charge in [0, 0.05) is 35.6 Å². The number of carboxylic acids is 1. The zero-order valence-electron chi connectivity index (χ0n) is 22.0. The highest BCUT2D eigenvalue weighted by molar-refractivity contribution is 6.30. The van der Waals surface area contributed by atoms with Crippen molar-refractivity contribution in [2.75, 3.05) is 6.61 Å². The molecule has 0 radical (unpaired) electrons. The molecule has 6 nitrogen and oxygen atoms in total. The predicted molar refractivity (Wildman–Crippen MR) is 154 cm³/mol. The van der Waals surface area contributed by atoms with Crippen LogP contribution in [-0.2, 0) is 24.1 Å². The molecule has 2 aliphatic rings. The van der Waals surface area contributed by atoms with Crippen LogP contribution in [0.5, 0.6) is 5.75 Å². The third-order valence-electron chi connectivity index (χ3n) is 7.98. The molecular weight excluding hydrogens is 543 g/mol. The summed E-state index contributed by atoms with van der Waals surface area (Å²) in [5.74, 6) is 0.306. The predicted octanol–water partition coefficient (Wildman–Crippen LogP) is 7.25. The highest BCUT2D eigenvalue weighted by Gasteiger charge is 2.29. The Morgan fingerprint density at radius 1 is 1.07 bits per heavy atom. The van der Waals surface area contributed by atoms with E-state index < -0.39 is 12.1 Å². The van der Waals surface area contributed by atoms with Crippen molar-refractivity contribution in [1.29, 1.82) is 0 Å². The van der Waals surface area contributed by atoms with E-state index in [9.17, 15) is 14.3 Å². The lowest BCUT2D eigenvalue weighted by Crippen LogP contribution is -2.31. The molecule has 0 aliphatic carbocycles. The number of fused-ring (bicyclic) bond motifs is 2. The second-order valence-corrected chi connectivity index (χ2v) is 11.0. The number of ether oxygens (including phenoxy) is 2. The Kier molecular flexibility index (Phi) is 6.48. The fourth-order valence-electron chi connectivity index (χ4n) is 5.73. The zero-order valence-corrected chi connectivity index (χ0v) is 22.8. The molecule has 5 aromatic rings. The monoisotopic (exact) mass is 568 g/mol. The van der Waals surface area contributed by atoms with Crippen molar-refractivity contribution in [3.05, 3.63) is 118 Å². The van der Waals surface area contributed by atoms with Crippen molar-refractivity contribution in [3.63, 3.8) is 0 Å².